The van der Waals surface area contributed by atoms with Crippen molar-refractivity contribution in [2.75, 3.05) is 26.2 Å². The van der Waals surface area contributed by atoms with Gasteiger partial charge in [-0.15, -0.1) is 0 Å². The highest BCUT2D eigenvalue weighted by Gasteiger charge is 2.46. The molecule has 0 radical (unpaired) electrons. The summed E-state index contributed by atoms with van der Waals surface area (Å²) in [6, 6.07) is 8.83. The van der Waals surface area contributed by atoms with Crippen molar-refractivity contribution < 1.29 is 27.3 Å². The number of nitro benzene ring substituents is 1. The van der Waals surface area contributed by atoms with E-state index < -0.39 is 38.7 Å². The normalized spacial score (nSPS) is 16.7. The highest BCUT2D eigenvalue weighted by molar-refractivity contribution is 7.89. The summed E-state index contributed by atoms with van der Waals surface area (Å²) in [7, 11) is -4.25. The van der Waals surface area contributed by atoms with Crippen LogP contribution in [0.25, 0.3) is 0 Å². The van der Waals surface area contributed by atoms with Gasteiger partial charge in [0.25, 0.3) is 17.5 Å². The lowest BCUT2D eigenvalue weighted by Crippen LogP contribution is -2.54. The van der Waals surface area contributed by atoms with Crippen molar-refractivity contribution in [3.63, 3.8) is 0 Å². The van der Waals surface area contributed by atoms with Gasteiger partial charge < -0.3 is 16.0 Å². The first-order chi connectivity index (χ1) is 15.2. The lowest BCUT2D eigenvalue weighted by atomic mass is 10.1. The summed E-state index contributed by atoms with van der Waals surface area (Å²) in [6.07, 6.45) is -1.51. The van der Waals surface area contributed by atoms with E-state index in [9.17, 15) is 32.5 Å². The van der Waals surface area contributed by atoms with Gasteiger partial charge in [-0.1, -0.05) is 0 Å². The van der Waals surface area contributed by atoms with Gasteiger partial charge in [0.1, 0.15) is 5.82 Å². The van der Waals surface area contributed by atoms with Crippen molar-refractivity contribution in [1.29, 1.82) is 0 Å². The molecule has 2 amide bonds. The molecular weight excluding hydrogens is 445 g/mol. The Morgan fingerprint density at radius 1 is 1.12 bits per heavy atom. The summed E-state index contributed by atoms with van der Waals surface area (Å²) in [5.41, 5.74) is 5.24. The van der Waals surface area contributed by atoms with Crippen LogP contribution in [0.3, 0.4) is 0 Å². The van der Waals surface area contributed by atoms with Gasteiger partial charge in [-0.25, -0.2) is 12.8 Å². The van der Waals surface area contributed by atoms with Crippen LogP contribution in [0.15, 0.2) is 53.4 Å². The first kappa shape index (κ1) is 23.2. The molecule has 32 heavy (non-hydrogen) atoms. The van der Waals surface area contributed by atoms with Crippen molar-refractivity contribution in [1.82, 2.24) is 14.5 Å². The van der Waals surface area contributed by atoms with Gasteiger partial charge in [0, 0.05) is 43.9 Å². The summed E-state index contributed by atoms with van der Waals surface area (Å²) in [5.74, 6) is -2.06. The smallest absolute Gasteiger partial charge is 0.269 e. The summed E-state index contributed by atoms with van der Waals surface area (Å²) in [5, 5.41) is 13.3. The lowest BCUT2D eigenvalue weighted by molar-refractivity contribution is -0.384. The molecule has 1 heterocycles. The predicted octanol–water partition coefficient (Wildman–Crippen LogP) is 0.282. The molecule has 1 fully saturated rings. The molecule has 0 aromatic heterocycles. The minimum absolute atomic E-state index is 0.0493. The Kier molecular flexibility index (Phi) is 6.81. The van der Waals surface area contributed by atoms with Crippen LogP contribution in [0.5, 0.6) is 0 Å². The summed E-state index contributed by atoms with van der Waals surface area (Å²) in [6.45, 7) is -0.130. The zero-order chi connectivity index (χ0) is 23.5. The van der Waals surface area contributed by atoms with Crippen LogP contribution in [-0.4, -0.2) is 66.7 Å². The highest BCUT2D eigenvalue weighted by Crippen LogP contribution is 2.26. The largest absolute Gasteiger partial charge is 0.352 e. The lowest BCUT2D eigenvalue weighted by Gasteiger charge is -2.28. The van der Waals surface area contributed by atoms with E-state index in [2.05, 4.69) is 5.32 Å². The molecule has 1 saturated heterocycles. The quantitative estimate of drug-likeness (QED) is 0.439. The molecule has 170 valence electrons. The van der Waals surface area contributed by atoms with Gasteiger partial charge in [-0.2, -0.15) is 4.31 Å². The van der Waals surface area contributed by atoms with E-state index in [0.29, 0.717) is 0 Å². The highest BCUT2D eigenvalue weighted by atomic mass is 32.2. The molecular formula is C19H20FN5O6S. The average Bonchev–Trinajstić information content (AvgIpc) is 3.23. The molecule has 0 aliphatic carbocycles. The summed E-state index contributed by atoms with van der Waals surface area (Å²) in [4.78, 5) is 36.9. The van der Waals surface area contributed by atoms with Crippen molar-refractivity contribution in [3.8, 4) is 0 Å². The topological polar surface area (TPSA) is 156 Å². The fourth-order valence-electron chi connectivity index (χ4n) is 3.26. The van der Waals surface area contributed by atoms with E-state index in [0.717, 1.165) is 45.6 Å². The average molecular weight is 465 g/mol. The van der Waals surface area contributed by atoms with Crippen LogP contribution in [0.4, 0.5) is 10.1 Å². The maximum atomic E-state index is 13.3. The summed E-state index contributed by atoms with van der Waals surface area (Å²) < 4.78 is 40.4. The number of nitro groups is 1. The zero-order valence-electron chi connectivity index (χ0n) is 16.7. The number of hydrogen-bond donors (Lipinski definition) is 2. The third-order valence-electron chi connectivity index (χ3n) is 4.81. The van der Waals surface area contributed by atoms with Gasteiger partial charge >= 0.3 is 0 Å². The van der Waals surface area contributed by atoms with Crippen LogP contribution >= 0.6 is 0 Å². The van der Waals surface area contributed by atoms with E-state index in [4.69, 9.17) is 5.73 Å². The van der Waals surface area contributed by atoms with E-state index in [-0.39, 0.29) is 42.3 Å². The maximum Gasteiger partial charge on any atom is 0.269 e. The number of rotatable bonds is 7. The van der Waals surface area contributed by atoms with Gasteiger partial charge in [-0.05, 0) is 36.4 Å². The first-order valence-electron chi connectivity index (χ1n) is 9.47. The van der Waals surface area contributed by atoms with E-state index in [1.54, 1.807) is 0 Å². The summed E-state index contributed by atoms with van der Waals surface area (Å²) >= 11 is 0. The minimum atomic E-state index is -4.25. The molecule has 1 atom stereocenters. The molecule has 3 rings (SSSR count). The standard InChI is InChI=1S/C19H20FN5O6S/c20-14-3-7-16(8-4-14)32(30,31)24-12-11-23(18(24)17(26)22-10-9-21)19(27)13-1-5-15(6-2-13)25(28)29/h1-8,18H,9-12,21H2,(H,22,26). The number of hydrogen-bond acceptors (Lipinski definition) is 7. The Morgan fingerprint density at radius 3 is 2.31 bits per heavy atom. The number of carbonyl (C=O) groups is 2. The number of benzene rings is 2. The Bertz CT molecular complexity index is 1120. The van der Waals surface area contributed by atoms with Crippen LogP contribution < -0.4 is 11.1 Å². The number of amides is 2. The Morgan fingerprint density at radius 2 is 1.75 bits per heavy atom. The Labute approximate surface area is 182 Å². The molecule has 1 aliphatic rings. The number of sulfonamides is 1. The number of nitrogens with zero attached hydrogens (tertiary/aromatic N) is 3. The van der Waals surface area contributed by atoms with E-state index >= 15 is 0 Å². The predicted molar refractivity (Wildman–Crippen MR) is 110 cm³/mol. The number of non-ortho nitro benzene ring substituents is 1. The zero-order valence-corrected chi connectivity index (χ0v) is 17.5. The molecule has 1 unspecified atom stereocenters. The SMILES string of the molecule is NCCNC(=O)C1N(C(=O)c2ccc([N+](=O)[O-])cc2)CCN1S(=O)(=O)c1ccc(F)cc1. The molecule has 3 N–H and O–H groups in total. The van der Waals surface area contributed by atoms with Crippen molar-refractivity contribution in [3.05, 3.63) is 70.0 Å². The van der Waals surface area contributed by atoms with Gasteiger partial charge in [0.15, 0.2) is 6.17 Å². The number of halogens is 1. The molecule has 0 bridgehead atoms. The minimum Gasteiger partial charge on any atom is -0.352 e. The second kappa shape index (κ2) is 9.38. The van der Waals surface area contributed by atoms with Gasteiger partial charge in [-0.3, -0.25) is 19.7 Å². The third-order valence-corrected chi connectivity index (χ3v) is 6.68. The molecule has 11 nitrogen and oxygen atoms in total. The van der Waals surface area contributed by atoms with Crippen LogP contribution in [-0.2, 0) is 14.8 Å². The number of nitrogens with one attached hydrogen (secondary N) is 1. The van der Waals surface area contributed by atoms with Gasteiger partial charge in [0.2, 0.25) is 10.0 Å². The fraction of sp³-hybridized carbons (Fsp3) is 0.263. The Balaban J connectivity index is 1.95. The monoisotopic (exact) mass is 465 g/mol. The second-order valence-corrected chi connectivity index (χ2v) is 8.72. The third kappa shape index (κ3) is 4.59. The maximum absolute atomic E-state index is 13.3. The molecule has 0 spiro atoms. The first-order valence-corrected chi connectivity index (χ1v) is 10.9. The van der Waals surface area contributed by atoms with Crippen LogP contribution in [0.2, 0.25) is 0 Å². The molecule has 2 aromatic carbocycles. The molecule has 13 heteroatoms. The molecule has 2 aromatic rings. The van der Waals surface area contributed by atoms with E-state index in [1.807, 2.05) is 0 Å². The van der Waals surface area contributed by atoms with Crippen molar-refractivity contribution >= 4 is 27.5 Å². The Hall–Kier alpha value is -3.42. The molecule has 0 saturated carbocycles. The van der Waals surface area contributed by atoms with Crippen LogP contribution in [0, 0.1) is 15.9 Å². The van der Waals surface area contributed by atoms with Crippen molar-refractivity contribution in [2.45, 2.75) is 11.1 Å². The second-order valence-electron chi connectivity index (χ2n) is 6.83. The van der Waals surface area contributed by atoms with Crippen LogP contribution in [0.1, 0.15) is 10.4 Å². The van der Waals surface area contributed by atoms with Crippen molar-refractivity contribution in [2.24, 2.45) is 5.73 Å². The number of carbonyl (C=O) groups excluding carboxylic acids is 2. The van der Waals surface area contributed by atoms with Gasteiger partial charge in [0.05, 0.1) is 9.82 Å². The van der Waals surface area contributed by atoms with E-state index in [1.165, 1.54) is 12.1 Å². The fourth-order valence-corrected chi connectivity index (χ4v) is 4.81. The number of nitrogens with two attached hydrogens (primary N) is 1. The molecule has 1 aliphatic heterocycles.